The van der Waals surface area contributed by atoms with E-state index in [1.807, 2.05) is 4.90 Å². The Kier molecular flexibility index (Phi) is 4.71. The van der Waals surface area contributed by atoms with Crippen LogP contribution in [0.5, 0.6) is 0 Å². The van der Waals surface area contributed by atoms with Crippen LogP contribution in [0.1, 0.15) is 35.8 Å². The fraction of sp³-hybridized carbons (Fsp3) is 0.333. The number of carbonyl (C=O) groups excluding carboxylic acids is 1. The first-order chi connectivity index (χ1) is 11.7. The maximum atomic E-state index is 12.6. The summed E-state index contributed by atoms with van der Waals surface area (Å²) in [4.78, 5) is 22.8. The number of aromatic nitrogens is 2. The van der Waals surface area contributed by atoms with E-state index in [2.05, 4.69) is 28.3 Å². The highest BCUT2D eigenvalue weighted by atomic mass is 16.2. The number of nitrogens with zero attached hydrogens (tertiary/aromatic N) is 4. The lowest BCUT2D eigenvalue weighted by molar-refractivity contribution is 0.0677. The number of anilines is 2. The molecule has 1 aromatic carbocycles. The summed E-state index contributed by atoms with van der Waals surface area (Å²) in [5.41, 5.74) is 1.80. The fourth-order valence-electron chi connectivity index (χ4n) is 2.85. The molecule has 1 fully saturated rings. The second-order valence-corrected chi connectivity index (χ2v) is 6.10. The van der Waals surface area contributed by atoms with Crippen molar-refractivity contribution >= 4 is 17.4 Å². The molecule has 24 heavy (non-hydrogen) atoms. The molecule has 0 spiro atoms. The predicted molar refractivity (Wildman–Crippen MR) is 90.8 cm³/mol. The Morgan fingerprint density at radius 2 is 2.12 bits per heavy atom. The molecule has 122 valence electrons. The van der Waals surface area contributed by atoms with Gasteiger partial charge in [0.2, 0.25) is 0 Å². The molecule has 1 N–H and O–H groups in total. The number of hydrogen-bond acceptors (Lipinski definition) is 5. The van der Waals surface area contributed by atoms with Gasteiger partial charge in [-0.3, -0.25) is 4.79 Å². The van der Waals surface area contributed by atoms with Crippen LogP contribution >= 0.6 is 0 Å². The van der Waals surface area contributed by atoms with E-state index < -0.39 is 0 Å². The van der Waals surface area contributed by atoms with Crippen molar-refractivity contribution < 1.29 is 4.79 Å². The molecule has 0 bridgehead atoms. The zero-order valence-electron chi connectivity index (χ0n) is 13.6. The molecule has 1 saturated heterocycles. The largest absolute Gasteiger partial charge is 0.340 e. The van der Waals surface area contributed by atoms with E-state index in [9.17, 15) is 4.79 Å². The van der Waals surface area contributed by atoms with Crippen molar-refractivity contribution in [2.45, 2.75) is 19.8 Å². The molecule has 6 heteroatoms. The zero-order valence-corrected chi connectivity index (χ0v) is 13.6. The van der Waals surface area contributed by atoms with Crippen LogP contribution in [0.2, 0.25) is 0 Å². The Morgan fingerprint density at radius 1 is 1.33 bits per heavy atom. The van der Waals surface area contributed by atoms with Crippen LogP contribution in [0.25, 0.3) is 0 Å². The fourth-order valence-corrected chi connectivity index (χ4v) is 2.85. The number of likely N-dealkylation sites (tertiary alicyclic amines) is 1. The van der Waals surface area contributed by atoms with Gasteiger partial charge in [0.1, 0.15) is 17.8 Å². The molecule has 1 aromatic heterocycles. The molecule has 0 aliphatic carbocycles. The van der Waals surface area contributed by atoms with E-state index in [4.69, 9.17) is 5.26 Å². The highest BCUT2D eigenvalue weighted by Gasteiger charge is 2.23. The lowest BCUT2D eigenvalue weighted by atomic mass is 10.00. The minimum absolute atomic E-state index is 0.0492. The van der Waals surface area contributed by atoms with Crippen LogP contribution in [0.4, 0.5) is 11.5 Å². The first kappa shape index (κ1) is 15.9. The van der Waals surface area contributed by atoms with Crippen molar-refractivity contribution in [1.29, 1.82) is 5.26 Å². The van der Waals surface area contributed by atoms with Gasteiger partial charge in [-0.1, -0.05) is 6.92 Å². The number of amides is 1. The lowest BCUT2D eigenvalue weighted by Gasteiger charge is -2.30. The molecule has 6 nitrogen and oxygen atoms in total. The summed E-state index contributed by atoms with van der Waals surface area (Å²) in [6, 6.07) is 10.8. The van der Waals surface area contributed by atoms with Gasteiger partial charge in [0.05, 0.1) is 11.6 Å². The minimum atomic E-state index is -0.0492. The van der Waals surface area contributed by atoms with Gasteiger partial charge in [-0.2, -0.15) is 5.26 Å². The van der Waals surface area contributed by atoms with Gasteiger partial charge in [-0.05, 0) is 43.0 Å². The summed E-state index contributed by atoms with van der Waals surface area (Å²) in [6.07, 6.45) is 3.60. The van der Waals surface area contributed by atoms with Crippen LogP contribution in [-0.2, 0) is 0 Å². The third-order valence-corrected chi connectivity index (χ3v) is 4.12. The van der Waals surface area contributed by atoms with Gasteiger partial charge in [0.15, 0.2) is 0 Å². The highest BCUT2D eigenvalue weighted by Crippen LogP contribution is 2.19. The molecule has 2 aromatic rings. The van der Waals surface area contributed by atoms with Crippen LogP contribution in [0.15, 0.2) is 36.7 Å². The van der Waals surface area contributed by atoms with Crippen LogP contribution < -0.4 is 5.32 Å². The standard InChI is InChI=1S/C18H19N5O/c1-13-3-2-8-23(11-13)18(24)16-9-17(21-12-20-16)22-15-6-4-14(10-19)5-7-15/h4-7,9,12-13H,2-3,8,11H2,1H3,(H,20,21,22). The Bertz CT molecular complexity index is 766. The molecular formula is C18H19N5O. The molecule has 1 aliphatic heterocycles. The number of carbonyl (C=O) groups is 1. The zero-order chi connectivity index (χ0) is 16.9. The maximum absolute atomic E-state index is 12.6. The van der Waals surface area contributed by atoms with Crippen molar-refractivity contribution in [1.82, 2.24) is 14.9 Å². The first-order valence-corrected chi connectivity index (χ1v) is 8.04. The van der Waals surface area contributed by atoms with Crippen molar-refractivity contribution in [3.8, 4) is 6.07 Å². The smallest absolute Gasteiger partial charge is 0.272 e. The first-order valence-electron chi connectivity index (χ1n) is 8.04. The van der Waals surface area contributed by atoms with Crippen molar-refractivity contribution in [2.75, 3.05) is 18.4 Å². The van der Waals surface area contributed by atoms with E-state index >= 15 is 0 Å². The summed E-state index contributed by atoms with van der Waals surface area (Å²) < 4.78 is 0. The van der Waals surface area contributed by atoms with E-state index in [-0.39, 0.29) is 5.91 Å². The van der Waals surface area contributed by atoms with E-state index in [1.54, 1.807) is 30.3 Å². The third kappa shape index (κ3) is 3.69. The van der Waals surface area contributed by atoms with Crippen molar-refractivity contribution in [3.05, 3.63) is 47.9 Å². The number of rotatable bonds is 3. The molecular weight excluding hydrogens is 302 g/mol. The summed E-state index contributed by atoms with van der Waals surface area (Å²) >= 11 is 0. The highest BCUT2D eigenvalue weighted by molar-refractivity contribution is 5.93. The number of hydrogen-bond donors (Lipinski definition) is 1. The quantitative estimate of drug-likeness (QED) is 0.940. The lowest BCUT2D eigenvalue weighted by Crippen LogP contribution is -2.39. The molecule has 1 amide bonds. The van der Waals surface area contributed by atoms with Crippen LogP contribution in [-0.4, -0.2) is 33.9 Å². The molecule has 2 heterocycles. The minimum Gasteiger partial charge on any atom is -0.340 e. The van der Waals surface area contributed by atoms with Gasteiger partial charge in [-0.25, -0.2) is 9.97 Å². The summed E-state index contributed by atoms with van der Waals surface area (Å²) in [6.45, 7) is 3.73. The SMILES string of the molecule is CC1CCCN(C(=O)c2cc(Nc3ccc(C#N)cc3)ncn2)C1. The molecule has 0 saturated carbocycles. The Hall–Kier alpha value is -2.94. The van der Waals surface area contributed by atoms with Gasteiger partial charge in [0, 0.05) is 24.8 Å². The van der Waals surface area contributed by atoms with E-state index in [0.717, 1.165) is 25.2 Å². The Morgan fingerprint density at radius 3 is 2.83 bits per heavy atom. The van der Waals surface area contributed by atoms with Gasteiger partial charge >= 0.3 is 0 Å². The average Bonchev–Trinajstić information content (AvgIpc) is 2.62. The number of nitriles is 1. The van der Waals surface area contributed by atoms with E-state index in [1.165, 1.54) is 12.7 Å². The Balaban J connectivity index is 1.73. The molecule has 1 aliphatic rings. The normalized spacial score (nSPS) is 17.2. The average molecular weight is 321 g/mol. The molecule has 3 rings (SSSR count). The maximum Gasteiger partial charge on any atom is 0.272 e. The number of piperidine rings is 1. The predicted octanol–water partition coefficient (Wildman–Crippen LogP) is 2.96. The van der Waals surface area contributed by atoms with Crippen molar-refractivity contribution in [3.63, 3.8) is 0 Å². The summed E-state index contributed by atoms with van der Waals surface area (Å²) in [5, 5.41) is 12.0. The van der Waals surface area contributed by atoms with Gasteiger partial charge in [-0.15, -0.1) is 0 Å². The topological polar surface area (TPSA) is 81.9 Å². The second-order valence-electron chi connectivity index (χ2n) is 6.10. The monoisotopic (exact) mass is 321 g/mol. The number of benzene rings is 1. The van der Waals surface area contributed by atoms with Gasteiger partial charge < -0.3 is 10.2 Å². The van der Waals surface area contributed by atoms with Crippen LogP contribution in [0, 0.1) is 17.2 Å². The van der Waals surface area contributed by atoms with E-state index in [0.29, 0.717) is 23.0 Å². The molecule has 1 atom stereocenters. The summed E-state index contributed by atoms with van der Waals surface area (Å²) in [5.74, 6) is 1.04. The van der Waals surface area contributed by atoms with Crippen molar-refractivity contribution in [2.24, 2.45) is 5.92 Å². The van der Waals surface area contributed by atoms with Gasteiger partial charge in [0.25, 0.3) is 5.91 Å². The molecule has 1 unspecified atom stereocenters. The summed E-state index contributed by atoms with van der Waals surface area (Å²) in [7, 11) is 0. The van der Waals surface area contributed by atoms with Crippen LogP contribution in [0.3, 0.4) is 0 Å². The second kappa shape index (κ2) is 7.09. The Labute approximate surface area is 141 Å². The number of nitrogens with one attached hydrogen (secondary N) is 1. The third-order valence-electron chi connectivity index (χ3n) is 4.12. The molecule has 0 radical (unpaired) electrons.